The molecule has 0 aliphatic carbocycles. The van der Waals surface area contributed by atoms with Gasteiger partial charge in [-0.1, -0.05) is 0 Å². The normalized spacial score (nSPS) is 19.0. The van der Waals surface area contributed by atoms with Crippen molar-refractivity contribution < 1.29 is 23.0 Å². The Bertz CT molecular complexity index is 504. The lowest BCUT2D eigenvalue weighted by atomic mass is 10.0. The average Bonchev–Trinajstić information content (AvgIpc) is 3.06. The van der Waals surface area contributed by atoms with Crippen LogP contribution in [-0.2, 0) is 15.9 Å². The van der Waals surface area contributed by atoms with E-state index in [2.05, 4.69) is 5.32 Å². The van der Waals surface area contributed by atoms with Gasteiger partial charge in [-0.05, 0) is 44.9 Å². The molecule has 1 aromatic rings. The van der Waals surface area contributed by atoms with Crippen LogP contribution in [-0.4, -0.2) is 30.4 Å². The molecule has 0 spiro atoms. The van der Waals surface area contributed by atoms with Gasteiger partial charge >= 0.3 is 6.09 Å². The Morgan fingerprint density at radius 3 is 2.43 bits per heavy atom. The highest BCUT2D eigenvalue weighted by molar-refractivity contribution is 5.68. The molecule has 1 aliphatic rings. The van der Waals surface area contributed by atoms with Gasteiger partial charge in [0, 0.05) is 6.07 Å². The Labute approximate surface area is 122 Å². The predicted molar refractivity (Wildman–Crippen MR) is 73.0 cm³/mol. The first-order valence-corrected chi connectivity index (χ1v) is 6.79. The van der Waals surface area contributed by atoms with Crippen LogP contribution in [0.2, 0.25) is 0 Å². The highest BCUT2D eigenvalue weighted by Crippen LogP contribution is 2.20. The summed E-state index contributed by atoms with van der Waals surface area (Å²) in [6.07, 6.45) is -0.442. The first-order valence-electron chi connectivity index (χ1n) is 6.79. The number of carbonyl (C=O) groups is 1. The minimum Gasteiger partial charge on any atom is -0.444 e. The highest BCUT2D eigenvalue weighted by atomic mass is 19.1. The molecule has 2 rings (SSSR count). The van der Waals surface area contributed by atoms with Gasteiger partial charge in [0.05, 0.1) is 12.6 Å². The Balaban J connectivity index is 2.01. The summed E-state index contributed by atoms with van der Waals surface area (Å²) in [5.41, 5.74) is -0.145. The fourth-order valence-electron chi connectivity index (χ4n) is 2.00. The summed E-state index contributed by atoms with van der Waals surface area (Å²) in [4.78, 5) is 11.8. The van der Waals surface area contributed by atoms with E-state index in [0.29, 0.717) is 12.2 Å². The van der Waals surface area contributed by atoms with Crippen molar-refractivity contribution in [3.8, 4) is 0 Å². The SMILES string of the molecule is CC(C)(C)OC(=O)NC(Cc1cc(F)cc(F)c1)[C@H]1CO1. The first kappa shape index (κ1) is 15.7. The lowest BCUT2D eigenvalue weighted by molar-refractivity contribution is 0.0495. The van der Waals surface area contributed by atoms with Crippen LogP contribution in [0.3, 0.4) is 0 Å². The zero-order chi connectivity index (χ0) is 15.6. The van der Waals surface area contributed by atoms with Crippen LogP contribution in [0.1, 0.15) is 26.3 Å². The molecule has 1 amide bonds. The highest BCUT2D eigenvalue weighted by Gasteiger charge is 2.35. The maximum Gasteiger partial charge on any atom is 0.407 e. The summed E-state index contributed by atoms with van der Waals surface area (Å²) in [6, 6.07) is 2.93. The number of ether oxygens (including phenoxy) is 2. The molecule has 1 fully saturated rings. The monoisotopic (exact) mass is 299 g/mol. The number of amides is 1. The van der Waals surface area contributed by atoms with Crippen LogP contribution < -0.4 is 5.32 Å². The van der Waals surface area contributed by atoms with Gasteiger partial charge < -0.3 is 14.8 Å². The molecule has 1 unspecified atom stereocenters. The Hall–Kier alpha value is -1.69. The third-order valence-electron chi connectivity index (χ3n) is 2.89. The van der Waals surface area contributed by atoms with Crippen LogP contribution in [0.4, 0.5) is 13.6 Å². The number of nitrogens with one attached hydrogen (secondary N) is 1. The van der Waals surface area contributed by atoms with Crippen LogP contribution in [0, 0.1) is 11.6 Å². The summed E-state index contributed by atoms with van der Waals surface area (Å²) in [5.74, 6) is -1.28. The molecule has 1 saturated heterocycles. The fourth-order valence-corrected chi connectivity index (χ4v) is 2.00. The van der Waals surface area contributed by atoms with Gasteiger partial charge in [0.15, 0.2) is 0 Å². The zero-order valence-electron chi connectivity index (χ0n) is 12.3. The largest absolute Gasteiger partial charge is 0.444 e. The smallest absolute Gasteiger partial charge is 0.407 e. The standard InChI is InChI=1S/C15H19F2NO3/c1-15(2,3)21-14(19)18-12(13-8-20-13)6-9-4-10(16)7-11(17)5-9/h4-5,7,12-13H,6,8H2,1-3H3,(H,18,19)/t12?,13-/m1/s1. The number of benzene rings is 1. The number of hydrogen-bond donors (Lipinski definition) is 1. The third kappa shape index (κ3) is 5.30. The number of alkyl carbamates (subject to hydrolysis) is 1. The van der Waals surface area contributed by atoms with Crippen molar-refractivity contribution in [2.45, 2.75) is 44.9 Å². The van der Waals surface area contributed by atoms with Crippen LogP contribution >= 0.6 is 0 Å². The molecule has 4 nitrogen and oxygen atoms in total. The molecule has 6 heteroatoms. The van der Waals surface area contributed by atoms with Crippen molar-refractivity contribution in [1.29, 1.82) is 0 Å². The van der Waals surface area contributed by atoms with E-state index in [1.165, 1.54) is 12.1 Å². The molecule has 0 radical (unpaired) electrons. The Morgan fingerprint density at radius 1 is 1.38 bits per heavy atom. The molecule has 1 N–H and O–H groups in total. The zero-order valence-corrected chi connectivity index (χ0v) is 12.3. The van der Waals surface area contributed by atoms with Crippen molar-refractivity contribution in [2.24, 2.45) is 0 Å². The predicted octanol–water partition coefficient (Wildman–Crippen LogP) is 2.80. The summed E-state index contributed by atoms with van der Waals surface area (Å²) in [5, 5.41) is 2.69. The second-order valence-corrected chi connectivity index (χ2v) is 6.11. The van der Waals surface area contributed by atoms with E-state index in [1.807, 2.05) is 0 Å². The van der Waals surface area contributed by atoms with Gasteiger partial charge in [-0.15, -0.1) is 0 Å². The molecular formula is C15H19F2NO3. The minimum absolute atomic E-state index is 0.149. The van der Waals surface area contributed by atoms with Crippen LogP contribution in [0.25, 0.3) is 0 Å². The molecule has 1 aromatic carbocycles. The molecule has 21 heavy (non-hydrogen) atoms. The summed E-state index contributed by atoms with van der Waals surface area (Å²) in [7, 11) is 0. The quantitative estimate of drug-likeness (QED) is 0.870. The summed E-state index contributed by atoms with van der Waals surface area (Å²) in [6.45, 7) is 5.80. The van der Waals surface area contributed by atoms with E-state index >= 15 is 0 Å². The van der Waals surface area contributed by atoms with E-state index in [0.717, 1.165) is 6.07 Å². The van der Waals surface area contributed by atoms with Crippen molar-refractivity contribution in [3.63, 3.8) is 0 Å². The van der Waals surface area contributed by atoms with Gasteiger partial charge in [0.2, 0.25) is 0 Å². The average molecular weight is 299 g/mol. The van der Waals surface area contributed by atoms with Crippen molar-refractivity contribution >= 4 is 6.09 Å². The molecular weight excluding hydrogens is 280 g/mol. The molecule has 1 heterocycles. The number of halogens is 2. The molecule has 0 saturated carbocycles. The van der Waals surface area contributed by atoms with Crippen molar-refractivity contribution in [2.75, 3.05) is 6.61 Å². The van der Waals surface area contributed by atoms with Gasteiger partial charge in [-0.3, -0.25) is 0 Å². The summed E-state index contributed by atoms with van der Waals surface area (Å²) < 4.78 is 36.7. The minimum atomic E-state index is -0.641. The number of hydrogen-bond acceptors (Lipinski definition) is 3. The first-order chi connectivity index (χ1) is 9.73. The lowest BCUT2D eigenvalue weighted by Crippen LogP contribution is -2.43. The van der Waals surface area contributed by atoms with Crippen LogP contribution in [0.15, 0.2) is 18.2 Å². The Morgan fingerprint density at radius 2 is 1.95 bits per heavy atom. The van der Waals surface area contributed by atoms with Crippen molar-refractivity contribution in [1.82, 2.24) is 5.32 Å². The van der Waals surface area contributed by atoms with E-state index < -0.39 is 23.3 Å². The maximum atomic E-state index is 13.2. The molecule has 2 atom stereocenters. The third-order valence-corrected chi connectivity index (χ3v) is 2.89. The molecule has 116 valence electrons. The molecule has 1 aliphatic heterocycles. The maximum absolute atomic E-state index is 13.2. The lowest BCUT2D eigenvalue weighted by Gasteiger charge is -2.23. The van der Waals surface area contributed by atoms with E-state index in [-0.39, 0.29) is 18.6 Å². The second-order valence-electron chi connectivity index (χ2n) is 6.11. The number of rotatable bonds is 4. The second kappa shape index (κ2) is 5.97. The topological polar surface area (TPSA) is 50.9 Å². The van der Waals surface area contributed by atoms with E-state index in [1.54, 1.807) is 20.8 Å². The summed E-state index contributed by atoms with van der Waals surface area (Å²) >= 11 is 0. The molecule has 0 aromatic heterocycles. The van der Waals surface area contributed by atoms with Crippen molar-refractivity contribution in [3.05, 3.63) is 35.4 Å². The molecule has 0 bridgehead atoms. The van der Waals surface area contributed by atoms with Gasteiger partial charge in [0.1, 0.15) is 23.3 Å². The van der Waals surface area contributed by atoms with Gasteiger partial charge in [0.25, 0.3) is 0 Å². The fraction of sp³-hybridized carbons (Fsp3) is 0.533. The van der Waals surface area contributed by atoms with Crippen LogP contribution in [0.5, 0.6) is 0 Å². The number of carbonyl (C=O) groups excluding carboxylic acids is 1. The van der Waals surface area contributed by atoms with Gasteiger partial charge in [-0.25, -0.2) is 13.6 Å². The van der Waals surface area contributed by atoms with E-state index in [4.69, 9.17) is 9.47 Å². The Kier molecular flexibility index (Phi) is 4.46. The number of epoxide rings is 1. The van der Waals surface area contributed by atoms with Gasteiger partial charge in [-0.2, -0.15) is 0 Å². The van der Waals surface area contributed by atoms with E-state index in [9.17, 15) is 13.6 Å².